The zero-order valence-electron chi connectivity index (χ0n) is 13.4. The second-order valence-electron chi connectivity index (χ2n) is 5.59. The minimum atomic E-state index is 0.438. The van der Waals surface area contributed by atoms with Crippen molar-refractivity contribution < 1.29 is 4.74 Å². The summed E-state index contributed by atoms with van der Waals surface area (Å²) >= 11 is 0. The molecule has 0 saturated heterocycles. The Labute approximate surface area is 127 Å². The fourth-order valence-electron chi connectivity index (χ4n) is 2.26. The van der Waals surface area contributed by atoms with E-state index in [1.807, 2.05) is 23.9 Å². The molecule has 0 aliphatic carbocycles. The molecular weight excluding hydrogens is 262 g/mol. The highest BCUT2D eigenvalue weighted by molar-refractivity contribution is 5.47. The summed E-state index contributed by atoms with van der Waals surface area (Å²) in [6, 6.07) is 8.11. The molecule has 1 heterocycles. The molecular formula is C17H25N3O. The Morgan fingerprint density at radius 3 is 2.57 bits per heavy atom. The van der Waals surface area contributed by atoms with E-state index < -0.39 is 0 Å². The first-order chi connectivity index (χ1) is 10.1. The van der Waals surface area contributed by atoms with Gasteiger partial charge in [-0.25, -0.2) is 0 Å². The van der Waals surface area contributed by atoms with E-state index in [-0.39, 0.29) is 0 Å². The molecule has 2 rings (SSSR count). The molecule has 4 heteroatoms. The van der Waals surface area contributed by atoms with Crippen LogP contribution < -0.4 is 10.1 Å². The summed E-state index contributed by atoms with van der Waals surface area (Å²) in [5.41, 5.74) is 3.50. The molecule has 4 nitrogen and oxygen atoms in total. The van der Waals surface area contributed by atoms with Gasteiger partial charge in [0.05, 0.1) is 12.3 Å². The maximum atomic E-state index is 5.59. The molecule has 0 saturated carbocycles. The minimum Gasteiger partial charge on any atom is -0.494 e. The van der Waals surface area contributed by atoms with Crippen molar-refractivity contribution in [3.05, 3.63) is 41.7 Å². The third kappa shape index (κ3) is 4.25. The van der Waals surface area contributed by atoms with Crippen LogP contribution in [0.3, 0.4) is 0 Å². The van der Waals surface area contributed by atoms with Gasteiger partial charge in [0.1, 0.15) is 5.75 Å². The Kier molecular flexibility index (Phi) is 5.26. The molecule has 0 aliphatic heterocycles. The fourth-order valence-corrected chi connectivity index (χ4v) is 2.26. The van der Waals surface area contributed by atoms with Crippen molar-refractivity contribution in [3.8, 4) is 5.75 Å². The summed E-state index contributed by atoms with van der Waals surface area (Å²) in [6.45, 7) is 8.00. The molecule has 0 spiro atoms. The highest BCUT2D eigenvalue weighted by Crippen LogP contribution is 2.20. The van der Waals surface area contributed by atoms with Crippen LogP contribution in [-0.2, 0) is 13.6 Å². The Hall–Kier alpha value is -1.97. The standard InChI is InChI=1S/C17H25N3O/c1-5-10-21-16-8-6-15(7-9-16)18-11-14-12-20(4)19-17(14)13(2)3/h6-9,12-13,18H,5,10-11H2,1-4H3. The van der Waals surface area contributed by atoms with Gasteiger partial charge in [-0.3, -0.25) is 4.68 Å². The second kappa shape index (κ2) is 7.16. The summed E-state index contributed by atoms with van der Waals surface area (Å²) in [4.78, 5) is 0. The number of rotatable bonds is 7. The molecule has 0 unspecified atom stereocenters. The summed E-state index contributed by atoms with van der Waals surface area (Å²) in [5.74, 6) is 1.36. The second-order valence-corrected chi connectivity index (χ2v) is 5.59. The molecule has 1 aromatic heterocycles. The molecule has 1 N–H and O–H groups in total. The Bertz CT molecular complexity index is 558. The van der Waals surface area contributed by atoms with Crippen LogP contribution in [0.2, 0.25) is 0 Å². The van der Waals surface area contributed by atoms with Gasteiger partial charge in [0.2, 0.25) is 0 Å². The highest BCUT2D eigenvalue weighted by atomic mass is 16.5. The molecule has 0 amide bonds. The largest absolute Gasteiger partial charge is 0.494 e. The fraction of sp³-hybridized carbons (Fsp3) is 0.471. The number of anilines is 1. The third-order valence-corrected chi connectivity index (χ3v) is 3.29. The number of ether oxygens (including phenoxy) is 1. The van der Waals surface area contributed by atoms with Crippen molar-refractivity contribution in [2.24, 2.45) is 7.05 Å². The van der Waals surface area contributed by atoms with Gasteiger partial charge in [-0.05, 0) is 36.6 Å². The van der Waals surface area contributed by atoms with Crippen LogP contribution in [-0.4, -0.2) is 16.4 Å². The predicted octanol–water partition coefficient (Wildman–Crippen LogP) is 3.94. The van der Waals surface area contributed by atoms with Crippen molar-refractivity contribution in [2.45, 2.75) is 39.7 Å². The molecule has 114 valence electrons. The zero-order valence-corrected chi connectivity index (χ0v) is 13.4. The van der Waals surface area contributed by atoms with E-state index in [9.17, 15) is 0 Å². The maximum Gasteiger partial charge on any atom is 0.119 e. The van der Waals surface area contributed by atoms with Crippen molar-refractivity contribution in [2.75, 3.05) is 11.9 Å². The van der Waals surface area contributed by atoms with E-state index >= 15 is 0 Å². The smallest absolute Gasteiger partial charge is 0.119 e. The Morgan fingerprint density at radius 2 is 1.95 bits per heavy atom. The Morgan fingerprint density at radius 1 is 1.24 bits per heavy atom. The van der Waals surface area contributed by atoms with E-state index in [2.05, 4.69) is 49.5 Å². The maximum absolute atomic E-state index is 5.59. The van der Waals surface area contributed by atoms with Crippen LogP contribution in [0.15, 0.2) is 30.5 Å². The van der Waals surface area contributed by atoms with Gasteiger partial charge in [0.15, 0.2) is 0 Å². The van der Waals surface area contributed by atoms with Crippen LogP contribution in [0.25, 0.3) is 0 Å². The van der Waals surface area contributed by atoms with Gasteiger partial charge in [-0.1, -0.05) is 20.8 Å². The number of nitrogens with zero attached hydrogens (tertiary/aromatic N) is 2. The molecule has 0 radical (unpaired) electrons. The lowest BCUT2D eigenvalue weighted by Gasteiger charge is -2.09. The predicted molar refractivity (Wildman–Crippen MR) is 86.9 cm³/mol. The van der Waals surface area contributed by atoms with E-state index in [4.69, 9.17) is 4.74 Å². The lowest BCUT2D eigenvalue weighted by Crippen LogP contribution is -2.02. The molecule has 2 aromatic rings. The van der Waals surface area contributed by atoms with Crippen molar-refractivity contribution >= 4 is 5.69 Å². The zero-order chi connectivity index (χ0) is 15.2. The van der Waals surface area contributed by atoms with E-state index in [0.29, 0.717) is 5.92 Å². The van der Waals surface area contributed by atoms with Gasteiger partial charge in [-0.2, -0.15) is 5.10 Å². The average molecular weight is 287 g/mol. The molecule has 21 heavy (non-hydrogen) atoms. The number of hydrogen-bond donors (Lipinski definition) is 1. The molecule has 0 aliphatic rings. The van der Waals surface area contributed by atoms with Gasteiger partial charge >= 0.3 is 0 Å². The van der Waals surface area contributed by atoms with E-state index in [1.54, 1.807) is 0 Å². The quantitative estimate of drug-likeness (QED) is 0.838. The molecule has 0 atom stereocenters. The monoisotopic (exact) mass is 287 g/mol. The molecule has 0 bridgehead atoms. The van der Waals surface area contributed by atoms with Gasteiger partial charge in [-0.15, -0.1) is 0 Å². The summed E-state index contributed by atoms with van der Waals surface area (Å²) in [5, 5.41) is 7.97. The SMILES string of the molecule is CCCOc1ccc(NCc2cn(C)nc2C(C)C)cc1. The first kappa shape index (κ1) is 15.4. The van der Waals surface area contributed by atoms with Crippen molar-refractivity contribution in [1.82, 2.24) is 9.78 Å². The molecule has 0 fully saturated rings. The number of aromatic nitrogens is 2. The Balaban J connectivity index is 1.96. The van der Waals surface area contributed by atoms with Gasteiger partial charge < -0.3 is 10.1 Å². The van der Waals surface area contributed by atoms with Crippen LogP contribution in [0.1, 0.15) is 44.4 Å². The van der Waals surface area contributed by atoms with Crippen LogP contribution >= 0.6 is 0 Å². The number of benzene rings is 1. The summed E-state index contributed by atoms with van der Waals surface area (Å²) in [6.07, 6.45) is 3.11. The summed E-state index contributed by atoms with van der Waals surface area (Å²) < 4.78 is 7.47. The van der Waals surface area contributed by atoms with E-state index in [1.165, 1.54) is 5.56 Å². The topological polar surface area (TPSA) is 39.1 Å². The third-order valence-electron chi connectivity index (χ3n) is 3.29. The molecule has 1 aromatic carbocycles. The first-order valence-corrected chi connectivity index (χ1v) is 7.59. The lowest BCUT2D eigenvalue weighted by molar-refractivity contribution is 0.317. The lowest BCUT2D eigenvalue weighted by atomic mass is 10.1. The van der Waals surface area contributed by atoms with Crippen LogP contribution in [0.4, 0.5) is 5.69 Å². The van der Waals surface area contributed by atoms with Gasteiger partial charge in [0, 0.05) is 31.0 Å². The number of aryl methyl sites for hydroxylation is 1. The van der Waals surface area contributed by atoms with Crippen molar-refractivity contribution in [1.29, 1.82) is 0 Å². The average Bonchev–Trinajstić information content (AvgIpc) is 2.85. The van der Waals surface area contributed by atoms with Gasteiger partial charge in [0.25, 0.3) is 0 Å². The van der Waals surface area contributed by atoms with E-state index in [0.717, 1.165) is 36.7 Å². The van der Waals surface area contributed by atoms with Crippen molar-refractivity contribution in [3.63, 3.8) is 0 Å². The summed E-state index contributed by atoms with van der Waals surface area (Å²) in [7, 11) is 1.97. The van der Waals surface area contributed by atoms with Crippen LogP contribution in [0, 0.1) is 0 Å². The number of nitrogens with one attached hydrogen (secondary N) is 1. The van der Waals surface area contributed by atoms with Crippen LogP contribution in [0.5, 0.6) is 5.75 Å². The first-order valence-electron chi connectivity index (χ1n) is 7.59. The number of hydrogen-bond acceptors (Lipinski definition) is 3. The highest BCUT2D eigenvalue weighted by Gasteiger charge is 2.10. The minimum absolute atomic E-state index is 0.438. The normalized spacial score (nSPS) is 10.9.